The third kappa shape index (κ3) is 6.61. The molecule has 20 heavy (non-hydrogen) atoms. The molecule has 2 rings (SSSR count). The summed E-state index contributed by atoms with van der Waals surface area (Å²) >= 11 is 0. The first kappa shape index (κ1) is 18.0. The molecule has 5 heteroatoms. The van der Waals surface area contributed by atoms with Gasteiger partial charge >= 0.3 is 0 Å². The second-order valence-corrected chi connectivity index (χ2v) is 5.86. The summed E-state index contributed by atoms with van der Waals surface area (Å²) in [5.74, 6) is 1.77. The molecular weight excluding hydrogens is 365 g/mol. The zero-order chi connectivity index (χ0) is 13.5. The highest BCUT2D eigenvalue weighted by Crippen LogP contribution is 2.28. The predicted molar refractivity (Wildman–Crippen MR) is 94.9 cm³/mol. The van der Waals surface area contributed by atoms with Crippen molar-refractivity contribution in [2.45, 2.75) is 64.5 Å². The maximum absolute atomic E-state index is 5.85. The van der Waals surface area contributed by atoms with Crippen LogP contribution in [0.5, 0.6) is 0 Å². The van der Waals surface area contributed by atoms with Crippen LogP contribution in [0.25, 0.3) is 0 Å². The van der Waals surface area contributed by atoms with E-state index >= 15 is 0 Å². The highest BCUT2D eigenvalue weighted by molar-refractivity contribution is 14.0. The van der Waals surface area contributed by atoms with Crippen LogP contribution in [0.15, 0.2) is 4.99 Å². The van der Waals surface area contributed by atoms with Crippen molar-refractivity contribution in [3.63, 3.8) is 0 Å². The van der Waals surface area contributed by atoms with Crippen LogP contribution < -0.4 is 10.6 Å². The molecule has 0 saturated heterocycles. The summed E-state index contributed by atoms with van der Waals surface area (Å²) in [6, 6.07) is 0.632. The second-order valence-electron chi connectivity index (χ2n) is 5.86. The van der Waals surface area contributed by atoms with Crippen molar-refractivity contribution < 1.29 is 4.74 Å². The zero-order valence-electron chi connectivity index (χ0n) is 12.9. The van der Waals surface area contributed by atoms with Crippen molar-refractivity contribution in [1.29, 1.82) is 0 Å². The Morgan fingerprint density at radius 2 is 2.00 bits per heavy atom. The van der Waals surface area contributed by atoms with Gasteiger partial charge in [0.15, 0.2) is 5.96 Å². The Labute approximate surface area is 140 Å². The number of nitrogens with zero attached hydrogens (tertiary/aromatic N) is 1. The van der Waals surface area contributed by atoms with Gasteiger partial charge in [-0.2, -0.15) is 0 Å². The lowest BCUT2D eigenvalue weighted by molar-refractivity contribution is 0.0579. The van der Waals surface area contributed by atoms with Crippen LogP contribution in [0.1, 0.15) is 52.4 Å². The minimum atomic E-state index is 0. The predicted octanol–water partition coefficient (Wildman–Crippen LogP) is 2.92. The number of guanidine groups is 1. The van der Waals surface area contributed by atoms with E-state index in [1.807, 2.05) is 0 Å². The van der Waals surface area contributed by atoms with Gasteiger partial charge in [-0.1, -0.05) is 19.8 Å². The van der Waals surface area contributed by atoms with Gasteiger partial charge in [-0.15, -0.1) is 24.0 Å². The smallest absolute Gasteiger partial charge is 0.191 e. The molecule has 0 aliphatic heterocycles. The maximum Gasteiger partial charge on any atom is 0.191 e. The first-order valence-electron chi connectivity index (χ1n) is 7.96. The molecule has 0 spiro atoms. The van der Waals surface area contributed by atoms with E-state index in [1.165, 1.54) is 32.1 Å². The topological polar surface area (TPSA) is 45.7 Å². The van der Waals surface area contributed by atoms with Gasteiger partial charge in [0.25, 0.3) is 0 Å². The van der Waals surface area contributed by atoms with Gasteiger partial charge in [-0.05, 0) is 38.5 Å². The molecule has 0 aromatic rings. The van der Waals surface area contributed by atoms with Crippen LogP contribution in [-0.2, 0) is 4.74 Å². The Morgan fingerprint density at radius 3 is 2.60 bits per heavy atom. The monoisotopic (exact) mass is 395 g/mol. The quantitative estimate of drug-likeness (QED) is 0.302. The van der Waals surface area contributed by atoms with E-state index < -0.39 is 0 Å². The lowest BCUT2D eigenvalue weighted by Gasteiger charge is -2.12. The van der Waals surface area contributed by atoms with Gasteiger partial charge < -0.3 is 15.4 Å². The average molecular weight is 395 g/mol. The van der Waals surface area contributed by atoms with Crippen LogP contribution >= 0.6 is 24.0 Å². The van der Waals surface area contributed by atoms with E-state index in [9.17, 15) is 0 Å². The average Bonchev–Trinajstić information content (AvgIpc) is 2.90. The third-order valence-electron chi connectivity index (χ3n) is 4.00. The highest BCUT2D eigenvalue weighted by atomic mass is 127. The first-order valence-corrected chi connectivity index (χ1v) is 7.96. The summed E-state index contributed by atoms with van der Waals surface area (Å²) < 4.78 is 5.85. The Hall–Kier alpha value is -0.0400. The molecular formula is C15H30IN3O. The third-order valence-corrected chi connectivity index (χ3v) is 4.00. The van der Waals surface area contributed by atoms with E-state index in [4.69, 9.17) is 4.74 Å². The summed E-state index contributed by atoms with van der Waals surface area (Å²) in [6.45, 7) is 7.01. The lowest BCUT2D eigenvalue weighted by Crippen LogP contribution is -2.39. The summed E-state index contributed by atoms with van der Waals surface area (Å²) in [5.41, 5.74) is 0. The van der Waals surface area contributed by atoms with Crippen molar-refractivity contribution in [3.8, 4) is 0 Å². The normalized spacial score (nSPS) is 26.2. The molecule has 2 N–H and O–H groups in total. The fourth-order valence-electron chi connectivity index (χ4n) is 2.58. The lowest BCUT2D eigenvalue weighted by atomic mass is 10.3. The van der Waals surface area contributed by atoms with E-state index in [0.29, 0.717) is 12.1 Å². The SMILES string of the molecule is CCNC(=NCCCOC1CCCC1)NC1CC1C.I. The number of hydrogen-bond acceptors (Lipinski definition) is 2. The molecule has 0 radical (unpaired) electrons. The van der Waals surface area contributed by atoms with Gasteiger partial charge in [-0.3, -0.25) is 4.99 Å². The van der Waals surface area contributed by atoms with Gasteiger partial charge in [-0.25, -0.2) is 0 Å². The molecule has 2 unspecified atom stereocenters. The van der Waals surface area contributed by atoms with Crippen LogP contribution in [0.2, 0.25) is 0 Å². The van der Waals surface area contributed by atoms with E-state index in [2.05, 4.69) is 29.5 Å². The Kier molecular flexibility index (Phi) is 8.84. The summed E-state index contributed by atoms with van der Waals surface area (Å²) in [5, 5.41) is 6.78. The molecule has 2 aliphatic carbocycles. The summed E-state index contributed by atoms with van der Waals surface area (Å²) in [4.78, 5) is 4.61. The van der Waals surface area contributed by atoms with E-state index in [-0.39, 0.29) is 24.0 Å². The zero-order valence-corrected chi connectivity index (χ0v) is 15.2. The van der Waals surface area contributed by atoms with Crippen LogP contribution in [-0.4, -0.2) is 37.8 Å². The maximum atomic E-state index is 5.85. The number of hydrogen-bond donors (Lipinski definition) is 2. The van der Waals surface area contributed by atoms with Crippen molar-refractivity contribution in [1.82, 2.24) is 10.6 Å². The number of aliphatic imine (C=N–C) groups is 1. The van der Waals surface area contributed by atoms with Crippen molar-refractivity contribution in [2.75, 3.05) is 19.7 Å². The molecule has 4 nitrogen and oxygen atoms in total. The standard InChI is InChI=1S/C15H29N3O.HI/c1-3-16-15(18-14-11-12(14)2)17-9-6-10-19-13-7-4-5-8-13;/h12-14H,3-11H2,1-2H3,(H2,16,17,18);1H. The minimum Gasteiger partial charge on any atom is -0.378 e. The van der Waals surface area contributed by atoms with E-state index in [0.717, 1.165) is 38.0 Å². The molecule has 0 bridgehead atoms. The minimum absolute atomic E-state index is 0. The number of ether oxygens (including phenoxy) is 1. The largest absolute Gasteiger partial charge is 0.378 e. The Balaban J connectivity index is 0.00000200. The molecule has 118 valence electrons. The van der Waals surface area contributed by atoms with Gasteiger partial charge in [0.2, 0.25) is 0 Å². The first-order chi connectivity index (χ1) is 9.29. The molecule has 0 aromatic heterocycles. The summed E-state index contributed by atoms with van der Waals surface area (Å²) in [6.07, 6.45) is 8.03. The van der Waals surface area contributed by atoms with Gasteiger partial charge in [0, 0.05) is 25.7 Å². The number of halogens is 1. The molecule has 0 heterocycles. The Morgan fingerprint density at radius 1 is 1.30 bits per heavy atom. The van der Waals surface area contributed by atoms with Gasteiger partial charge in [0.05, 0.1) is 6.10 Å². The Bertz CT molecular complexity index is 293. The van der Waals surface area contributed by atoms with Crippen LogP contribution in [0, 0.1) is 5.92 Å². The van der Waals surface area contributed by atoms with Crippen molar-refractivity contribution in [2.24, 2.45) is 10.9 Å². The molecule has 0 aromatic carbocycles. The van der Waals surface area contributed by atoms with Gasteiger partial charge in [0.1, 0.15) is 0 Å². The molecule has 0 amide bonds. The van der Waals surface area contributed by atoms with Crippen molar-refractivity contribution >= 4 is 29.9 Å². The fraction of sp³-hybridized carbons (Fsp3) is 0.933. The fourth-order valence-corrected chi connectivity index (χ4v) is 2.58. The van der Waals surface area contributed by atoms with Crippen molar-refractivity contribution in [3.05, 3.63) is 0 Å². The van der Waals surface area contributed by atoms with E-state index in [1.54, 1.807) is 0 Å². The number of nitrogens with one attached hydrogen (secondary N) is 2. The molecule has 2 atom stereocenters. The molecule has 2 saturated carbocycles. The molecule has 2 fully saturated rings. The van der Waals surface area contributed by atoms with Crippen LogP contribution in [0.3, 0.4) is 0 Å². The van der Waals surface area contributed by atoms with Crippen LogP contribution in [0.4, 0.5) is 0 Å². The second kappa shape index (κ2) is 9.82. The highest BCUT2D eigenvalue weighted by Gasteiger charge is 2.33. The molecule has 2 aliphatic rings. The summed E-state index contributed by atoms with van der Waals surface area (Å²) in [7, 11) is 0. The number of rotatable bonds is 7.